The first-order valence-electron chi connectivity index (χ1n) is 18.2. The Hall–Kier alpha value is -6.96. The van der Waals surface area contributed by atoms with Gasteiger partial charge in [0.05, 0.1) is 0 Å². The monoisotopic (exact) mass is 672 g/mol. The van der Waals surface area contributed by atoms with Gasteiger partial charge in [0.25, 0.3) is 0 Å². The Morgan fingerprint density at radius 3 is 1.55 bits per heavy atom. The second-order valence-corrected chi connectivity index (χ2v) is 14.1. The van der Waals surface area contributed by atoms with Crippen LogP contribution < -0.4 is 0 Å². The van der Waals surface area contributed by atoms with Gasteiger partial charge in [-0.15, -0.1) is 0 Å². The first-order valence-corrected chi connectivity index (χ1v) is 18.2. The Bertz CT molecular complexity index is 3220. The molecule has 10 aromatic carbocycles. The molecule has 0 spiro atoms. The summed E-state index contributed by atoms with van der Waals surface area (Å²) in [4.78, 5) is 0. The van der Waals surface area contributed by atoms with Crippen LogP contribution in [0.1, 0.15) is 0 Å². The van der Waals surface area contributed by atoms with Crippen LogP contribution in [0.4, 0.5) is 0 Å². The fourth-order valence-electron chi connectivity index (χ4n) is 8.45. The first-order chi connectivity index (χ1) is 26.2. The van der Waals surface area contributed by atoms with Crippen LogP contribution >= 0.6 is 0 Å². The van der Waals surface area contributed by atoms with E-state index in [9.17, 15) is 0 Å². The predicted octanol–water partition coefficient (Wildman–Crippen LogP) is 14.9. The van der Waals surface area contributed by atoms with Gasteiger partial charge in [0.1, 0.15) is 11.2 Å². The minimum Gasteiger partial charge on any atom is -0.456 e. The van der Waals surface area contributed by atoms with E-state index < -0.39 is 0 Å². The second-order valence-electron chi connectivity index (χ2n) is 14.1. The molecule has 0 saturated carbocycles. The highest BCUT2D eigenvalue weighted by Gasteiger charge is 2.19. The van der Waals surface area contributed by atoms with Crippen molar-refractivity contribution in [3.63, 3.8) is 0 Å². The summed E-state index contributed by atoms with van der Waals surface area (Å²) in [7, 11) is 0. The maximum atomic E-state index is 6.44. The van der Waals surface area contributed by atoms with E-state index in [4.69, 9.17) is 4.42 Å². The molecule has 0 aliphatic carbocycles. The summed E-state index contributed by atoms with van der Waals surface area (Å²) in [6.45, 7) is 0. The van der Waals surface area contributed by atoms with Crippen molar-refractivity contribution in [1.29, 1.82) is 0 Å². The summed E-state index contributed by atoms with van der Waals surface area (Å²) in [6, 6.07) is 70.8. The second kappa shape index (κ2) is 11.8. The lowest BCUT2D eigenvalue weighted by Gasteiger charge is -2.19. The molecule has 0 amide bonds. The Morgan fingerprint density at radius 1 is 0.226 bits per heavy atom. The van der Waals surface area contributed by atoms with E-state index in [0.717, 1.165) is 21.9 Å². The van der Waals surface area contributed by atoms with Gasteiger partial charge in [0, 0.05) is 10.8 Å². The third kappa shape index (κ3) is 4.86. The zero-order chi connectivity index (χ0) is 34.9. The van der Waals surface area contributed by atoms with Crippen molar-refractivity contribution in [1.82, 2.24) is 0 Å². The van der Waals surface area contributed by atoms with Crippen molar-refractivity contribution in [3.8, 4) is 44.5 Å². The molecule has 1 heteroatoms. The lowest BCUT2D eigenvalue weighted by molar-refractivity contribution is 0.669. The van der Waals surface area contributed by atoms with E-state index in [0.29, 0.717) is 0 Å². The molecule has 11 aromatic rings. The van der Waals surface area contributed by atoms with E-state index >= 15 is 0 Å². The Morgan fingerprint density at radius 2 is 0.736 bits per heavy atom. The van der Waals surface area contributed by atoms with Gasteiger partial charge in [0.2, 0.25) is 0 Å². The van der Waals surface area contributed by atoms with E-state index in [1.54, 1.807) is 0 Å². The number of rotatable bonds is 4. The zero-order valence-electron chi connectivity index (χ0n) is 28.9. The Balaban J connectivity index is 1.19. The SMILES string of the molecule is c1ccc(-c2ccc3c(-c4ccc5oc6cc7ccccc7cc6c5c4)c4ccccc4c(-c4cccc(-c5ccc6ccccc6c5)c4)c3c2)cc1. The molecule has 0 fully saturated rings. The molecule has 0 atom stereocenters. The van der Waals surface area contributed by atoms with Gasteiger partial charge >= 0.3 is 0 Å². The molecule has 11 rings (SSSR count). The topological polar surface area (TPSA) is 13.1 Å². The summed E-state index contributed by atoms with van der Waals surface area (Å²) >= 11 is 0. The number of benzene rings is 10. The summed E-state index contributed by atoms with van der Waals surface area (Å²) < 4.78 is 6.44. The van der Waals surface area contributed by atoms with Crippen LogP contribution in [0.2, 0.25) is 0 Å². The summed E-state index contributed by atoms with van der Waals surface area (Å²) in [6.07, 6.45) is 0. The molecular formula is C52H32O. The van der Waals surface area contributed by atoms with Gasteiger partial charge in [0.15, 0.2) is 0 Å². The highest BCUT2D eigenvalue weighted by atomic mass is 16.3. The zero-order valence-corrected chi connectivity index (χ0v) is 28.9. The predicted molar refractivity (Wildman–Crippen MR) is 225 cm³/mol. The van der Waals surface area contributed by atoms with Gasteiger partial charge in [-0.25, -0.2) is 0 Å². The van der Waals surface area contributed by atoms with Gasteiger partial charge in [-0.05, 0) is 130 Å². The molecule has 0 aliphatic rings. The molecule has 0 saturated heterocycles. The first kappa shape index (κ1) is 29.7. The highest BCUT2D eigenvalue weighted by Crippen LogP contribution is 2.46. The van der Waals surface area contributed by atoms with Crippen molar-refractivity contribution >= 4 is 65.0 Å². The van der Waals surface area contributed by atoms with Crippen molar-refractivity contribution in [2.24, 2.45) is 0 Å². The standard InChI is InChI=1S/C52H32O/c1-2-11-33(12-3-1)40-23-25-45-48(30-40)52(41-18-10-17-36(28-41)39-22-21-34-13-4-5-14-35(34)27-39)44-20-9-8-19-43(44)51(45)42-24-26-49-46(31-42)47-29-37-15-6-7-16-38(37)32-50(47)53-49/h1-32H. The molecule has 0 aliphatic heterocycles. The fraction of sp³-hybridized carbons (Fsp3) is 0. The number of furan rings is 1. The summed E-state index contributed by atoms with van der Waals surface area (Å²) in [5, 5.41) is 12.1. The number of fused-ring (bicyclic) bond motifs is 7. The average molecular weight is 673 g/mol. The molecule has 1 heterocycles. The van der Waals surface area contributed by atoms with Gasteiger partial charge in [-0.2, -0.15) is 0 Å². The molecular weight excluding hydrogens is 641 g/mol. The quantitative estimate of drug-likeness (QED) is 0.170. The third-order valence-corrected chi connectivity index (χ3v) is 11.0. The van der Waals surface area contributed by atoms with E-state index in [1.165, 1.54) is 87.6 Å². The molecule has 0 N–H and O–H groups in total. The van der Waals surface area contributed by atoms with Crippen molar-refractivity contribution in [2.45, 2.75) is 0 Å². The normalized spacial score (nSPS) is 11.8. The van der Waals surface area contributed by atoms with E-state index in [2.05, 4.69) is 194 Å². The molecule has 0 unspecified atom stereocenters. The third-order valence-electron chi connectivity index (χ3n) is 11.0. The molecule has 0 radical (unpaired) electrons. The van der Waals surface area contributed by atoms with Crippen molar-refractivity contribution in [3.05, 3.63) is 194 Å². The highest BCUT2D eigenvalue weighted by molar-refractivity contribution is 6.23. The van der Waals surface area contributed by atoms with Crippen molar-refractivity contribution in [2.75, 3.05) is 0 Å². The maximum absolute atomic E-state index is 6.44. The number of hydrogen-bond acceptors (Lipinski definition) is 1. The maximum Gasteiger partial charge on any atom is 0.136 e. The smallest absolute Gasteiger partial charge is 0.136 e. The van der Waals surface area contributed by atoms with Gasteiger partial charge in [-0.1, -0.05) is 152 Å². The molecule has 246 valence electrons. The molecule has 1 aromatic heterocycles. The van der Waals surface area contributed by atoms with Crippen molar-refractivity contribution < 1.29 is 4.42 Å². The fourth-order valence-corrected chi connectivity index (χ4v) is 8.45. The Kier molecular flexibility index (Phi) is 6.62. The largest absolute Gasteiger partial charge is 0.456 e. The van der Waals surface area contributed by atoms with Crippen LogP contribution in [0.15, 0.2) is 199 Å². The van der Waals surface area contributed by atoms with Crippen LogP contribution in [0.5, 0.6) is 0 Å². The van der Waals surface area contributed by atoms with Crippen LogP contribution in [0.25, 0.3) is 110 Å². The molecule has 53 heavy (non-hydrogen) atoms. The van der Waals surface area contributed by atoms with Gasteiger partial charge < -0.3 is 4.42 Å². The van der Waals surface area contributed by atoms with Crippen LogP contribution in [-0.2, 0) is 0 Å². The van der Waals surface area contributed by atoms with Crippen LogP contribution in [0, 0.1) is 0 Å². The minimum absolute atomic E-state index is 0.904. The number of hydrogen-bond donors (Lipinski definition) is 0. The lowest BCUT2D eigenvalue weighted by atomic mass is 9.84. The summed E-state index contributed by atoms with van der Waals surface area (Å²) in [5.41, 5.74) is 11.5. The van der Waals surface area contributed by atoms with Gasteiger partial charge in [-0.3, -0.25) is 0 Å². The Labute approximate surface area is 307 Å². The molecule has 1 nitrogen and oxygen atoms in total. The summed E-state index contributed by atoms with van der Waals surface area (Å²) in [5.74, 6) is 0. The lowest BCUT2D eigenvalue weighted by Crippen LogP contribution is -1.92. The molecule has 0 bridgehead atoms. The minimum atomic E-state index is 0.904. The average Bonchev–Trinajstić information content (AvgIpc) is 3.58. The van der Waals surface area contributed by atoms with E-state index in [1.807, 2.05) is 0 Å². The van der Waals surface area contributed by atoms with Crippen LogP contribution in [-0.4, -0.2) is 0 Å². The van der Waals surface area contributed by atoms with E-state index in [-0.39, 0.29) is 0 Å². The van der Waals surface area contributed by atoms with Crippen LogP contribution in [0.3, 0.4) is 0 Å².